The zero-order valence-corrected chi connectivity index (χ0v) is 12.2. The van der Waals surface area contributed by atoms with Crippen molar-refractivity contribution in [2.45, 2.75) is 59.6 Å². The third kappa shape index (κ3) is 10.1. The molecule has 0 aliphatic carbocycles. The zero-order valence-electron chi connectivity index (χ0n) is 12.2. The monoisotopic (exact) mass is 245 g/mol. The standard InChI is InChI=1S/C13H27NO3/c1-12(2,3)8-10(9-16-7)17-11(15)14-13(4,5)6/h10H,8-9H2,1-7H3,(H,14,15)/t10-/m0/s1. The minimum absolute atomic E-state index is 0.102. The minimum atomic E-state index is -0.385. The second-order valence-electron chi connectivity index (χ2n) is 6.62. The van der Waals surface area contributed by atoms with Gasteiger partial charge in [0.2, 0.25) is 0 Å². The number of amides is 1. The first-order chi connectivity index (χ1) is 7.53. The lowest BCUT2D eigenvalue weighted by Crippen LogP contribution is -2.43. The summed E-state index contributed by atoms with van der Waals surface area (Å²) in [4.78, 5) is 11.6. The Morgan fingerprint density at radius 1 is 1.18 bits per heavy atom. The highest BCUT2D eigenvalue weighted by molar-refractivity contribution is 5.68. The third-order valence-electron chi connectivity index (χ3n) is 1.94. The number of ether oxygens (including phenoxy) is 2. The molecule has 4 nitrogen and oxygen atoms in total. The van der Waals surface area contributed by atoms with Gasteiger partial charge in [0, 0.05) is 12.6 Å². The molecule has 0 aromatic carbocycles. The van der Waals surface area contributed by atoms with E-state index in [1.54, 1.807) is 7.11 Å². The number of rotatable bonds is 4. The summed E-state index contributed by atoms with van der Waals surface area (Å²) in [6.07, 6.45) is 0.185. The Hall–Kier alpha value is -0.770. The van der Waals surface area contributed by atoms with Crippen LogP contribution in [0.2, 0.25) is 0 Å². The fraction of sp³-hybridized carbons (Fsp3) is 0.923. The molecule has 0 aliphatic rings. The first kappa shape index (κ1) is 16.2. The molecule has 1 atom stereocenters. The first-order valence-corrected chi connectivity index (χ1v) is 6.01. The molecule has 0 bridgehead atoms. The van der Waals surface area contributed by atoms with Crippen molar-refractivity contribution >= 4 is 6.09 Å². The quantitative estimate of drug-likeness (QED) is 0.828. The second kappa shape index (κ2) is 6.24. The highest BCUT2D eigenvalue weighted by Crippen LogP contribution is 2.22. The fourth-order valence-electron chi connectivity index (χ4n) is 1.49. The van der Waals surface area contributed by atoms with E-state index in [9.17, 15) is 4.79 Å². The van der Waals surface area contributed by atoms with E-state index >= 15 is 0 Å². The maximum Gasteiger partial charge on any atom is 0.407 e. The summed E-state index contributed by atoms with van der Waals surface area (Å²) >= 11 is 0. The van der Waals surface area contributed by atoms with Gasteiger partial charge in [-0.2, -0.15) is 0 Å². The largest absolute Gasteiger partial charge is 0.444 e. The molecule has 0 fully saturated rings. The molecule has 102 valence electrons. The number of alkyl carbamates (subject to hydrolysis) is 1. The number of carbonyl (C=O) groups excluding carboxylic acids is 1. The molecule has 0 saturated carbocycles. The van der Waals surface area contributed by atoms with Gasteiger partial charge in [0.15, 0.2) is 0 Å². The highest BCUT2D eigenvalue weighted by Gasteiger charge is 2.23. The second-order valence-corrected chi connectivity index (χ2v) is 6.62. The number of hydrogen-bond donors (Lipinski definition) is 1. The number of hydrogen-bond acceptors (Lipinski definition) is 3. The molecular formula is C13H27NO3. The van der Waals surface area contributed by atoms with Crippen molar-refractivity contribution in [1.29, 1.82) is 0 Å². The van der Waals surface area contributed by atoms with Crippen molar-refractivity contribution in [2.75, 3.05) is 13.7 Å². The van der Waals surface area contributed by atoms with Crippen LogP contribution >= 0.6 is 0 Å². The van der Waals surface area contributed by atoms with Crippen LogP contribution in [0, 0.1) is 5.41 Å². The molecule has 0 aromatic heterocycles. The SMILES string of the molecule is COC[C@H](CC(C)(C)C)OC(=O)NC(C)(C)C. The van der Waals surface area contributed by atoms with Crippen molar-refractivity contribution in [2.24, 2.45) is 5.41 Å². The van der Waals surface area contributed by atoms with Crippen LogP contribution in [0.15, 0.2) is 0 Å². The molecule has 0 aromatic rings. The normalized spacial score (nSPS) is 14.3. The lowest BCUT2D eigenvalue weighted by atomic mass is 9.89. The summed E-state index contributed by atoms with van der Waals surface area (Å²) < 4.78 is 10.4. The Bertz CT molecular complexity index is 238. The smallest absolute Gasteiger partial charge is 0.407 e. The minimum Gasteiger partial charge on any atom is -0.444 e. The Morgan fingerprint density at radius 2 is 1.71 bits per heavy atom. The number of nitrogens with one attached hydrogen (secondary N) is 1. The van der Waals surface area contributed by atoms with Gasteiger partial charge in [-0.05, 0) is 32.6 Å². The lowest BCUT2D eigenvalue weighted by Gasteiger charge is -2.27. The third-order valence-corrected chi connectivity index (χ3v) is 1.94. The number of methoxy groups -OCH3 is 1. The van der Waals surface area contributed by atoms with Gasteiger partial charge in [-0.25, -0.2) is 4.79 Å². The fourth-order valence-corrected chi connectivity index (χ4v) is 1.49. The van der Waals surface area contributed by atoms with Crippen molar-refractivity contribution in [3.63, 3.8) is 0 Å². The van der Waals surface area contributed by atoms with E-state index in [1.165, 1.54) is 0 Å². The van der Waals surface area contributed by atoms with Crippen LogP contribution in [0.5, 0.6) is 0 Å². The lowest BCUT2D eigenvalue weighted by molar-refractivity contribution is 0.0158. The van der Waals surface area contributed by atoms with Gasteiger partial charge in [-0.3, -0.25) is 0 Å². The Morgan fingerprint density at radius 3 is 2.06 bits per heavy atom. The molecule has 0 rings (SSSR count). The van der Waals surface area contributed by atoms with Crippen LogP contribution < -0.4 is 5.32 Å². The molecule has 0 radical (unpaired) electrons. The average Bonchev–Trinajstić information content (AvgIpc) is 1.95. The molecule has 0 saturated heterocycles. The summed E-state index contributed by atoms with van der Waals surface area (Å²) in [5.41, 5.74) is -0.179. The van der Waals surface area contributed by atoms with Crippen LogP contribution in [-0.2, 0) is 9.47 Å². The summed E-state index contributed by atoms with van der Waals surface area (Å²) in [5, 5.41) is 2.78. The van der Waals surface area contributed by atoms with E-state index in [1.807, 2.05) is 20.8 Å². The van der Waals surface area contributed by atoms with Gasteiger partial charge >= 0.3 is 6.09 Å². The predicted molar refractivity (Wildman–Crippen MR) is 69.1 cm³/mol. The van der Waals surface area contributed by atoms with Crippen LogP contribution in [-0.4, -0.2) is 31.5 Å². The van der Waals surface area contributed by atoms with Crippen LogP contribution in [0.1, 0.15) is 48.0 Å². The van der Waals surface area contributed by atoms with Gasteiger partial charge in [-0.1, -0.05) is 20.8 Å². The van der Waals surface area contributed by atoms with Crippen LogP contribution in [0.3, 0.4) is 0 Å². The van der Waals surface area contributed by atoms with Crippen molar-refractivity contribution in [3.05, 3.63) is 0 Å². The summed E-state index contributed by atoms with van der Waals surface area (Å²) in [6.45, 7) is 12.5. The van der Waals surface area contributed by atoms with Gasteiger partial charge in [-0.15, -0.1) is 0 Å². The van der Waals surface area contributed by atoms with Crippen molar-refractivity contribution < 1.29 is 14.3 Å². The molecule has 0 aliphatic heterocycles. The Kier molecular flexibility index (Phi) is 5.96. The zero-order chi connectivity index (χ0) is 13.7. The van der Waals surface area contributed by atoms with Crippen molar-refractivity contribution in [3.8, 4) is 0 Å². The van der Waals surface area contributed by atoms with E-state index < -0.39 is 0 Å². The molecule has 0 heterocycles. The van der Waals surface area contributed by atoms with E-state index in [4.69, 9.17) is 9.47 Å². The van der Waals surface area contributed by atoms with E-state index in [-0.39, 0.29) is 23.2 Å². The predicted octanol–water partition coefficient (Wildman–Crippen LogP) is 2.96. The maximum atomic E-state index is 11.6. The maximum absolute atomic E-state index is 11.6. The molecule has 17 heavy (non-hydrogen) atoms. The Balaban J connectivity index is 4.30. The molecular weight excluding hydrogens is 218 g/mol. The van der Waals surface area contributed by atoms with Gasteiger partial charge in [0.05, 0.1) is 6.61 Å². The van der Waals surface area contributed by atoms with E-state index in [0.717, 1.165) is 6.42 Å². The molecule has 0 spiro atoms. The molecule has 1 amide bonds. The number of carbonyl (C=O) groups is 1. The van der Waals surface area contributed by atoms with Crippen molar-refractivity contribution in [1.82, 2.24) is 5.32 Å². The summed E-state index contributed by atoms with van der Waals surface area (Å²) in [7, 11) is 1.61. The molecule has 4 heteroatoms. The molecule has 0 unspecified atom stereocenters. The van der Waals surface area contributed by atoms with Gasteiger partial charge in [0.25, 0.3) is 0 Å². The highest BCUT2D eigenvalue weighted by atomic mass is 16.6. The van der Waals surface area contributed by atoms with Crippen LogP contribution in [0.25, 0.3) is 0 Å². The molecule has 1 N–H and O–H groups in total. The topological polar surface area (TPSA) is 47.6 Å². The van der Waals surface area contributed by atoms with E-state index in [0.29, 0.717) is 6.61 Å². The van der Waals surface area contributed by atoms with E-state index in [2.05, 4.69) is 26.1 Å². The summed E-state index contributed by atoms with van der Waals surface area (Å²) in [6, 6.07) is 0. The average molecular weight is 245 g/mol. The first-order valence-electron chi connectivity index (χ1n) is 6.01. The van der Waals surface area contributed by atoms with Gasteiger partial charge < -0.3 is 14.8 Å². The Labute approximate surface area is 105 Å². The van der Waals surface area contributed by atoms with Crippen LogP contribution in [0.4, 0.5) is 4.79 Å². The van der Waals surface area contributed by atoms with Gasteiger partial charge in [0.1, 0.15) is 6.10 Å². The summed E-state index contributed by atoms with van der Waals surface area (Å²) in [5.74, 6) is 0.